The van der Waals surface area contributed by atoms with Gasteiger partial charge in [0.1, 0.15) is 0 Å². The molecule has 1 heterocycles. The van der Waals surface area contributed by atoms with E-state index in [0.717, 1.165) is 17.1 Å². The van der Waals surface area contributed by atoms with Gasteiger partial charge in [0.05, 0.1) is 5.69 Å². The zero-order valence-corrected chi connectivity index (χ0v) is 38.4. The summed E-state index contributed by atoms with van der Waals surface area (Å²) < 4.78 is 2.67. The van der Waals surface area contributed by atoms with Gasteiger partial charge < -0.3 is 4.90 Å². The lowest BCUT2D eigenvalue weighted by Gasteiger charge is -2.31. The Morgan fingerprint density at radius 2 is 0.742 bits per heavy atom. The average Bonchev–Trinajstić information content (AvgIpc) is 3.93. The highest BCUT2D eigenvalue weighted by atomic mass is 32.1. The molecule has 1 nitrogen and oxygen atoms in total. The molecule has 11 aromatic rings. The number of nitrogens with zero attached hydrogens (tertiary/aromatic N) is 1. The molecule has 0 unspecified atom stereocenters. The Morgan fingerprint density at radius 3 is 1.36 bits per heavy atom. The van der Waals surface area contributed by atoms with Crippen molar-refractivity contribution in [1.82, 2.24) is 0 Å². The number of benzene rings is 10. The van der Waals surface area contributed by atoms with Crippen molar-refractivity contribution in [2.75, 3.05) is 4.90 Å². The molecule has 0 saturated carbocycles. The maximum atomic E-state index is 2.52. The van der Waals surface area contributed by atoms with Gasteiger partial charge in [-0.25, -0.2) is 0 Å². The Bertz CT molecular complexity index is 3760. The zero-order chi connectivity index (χ0) is 44.3. The molecule has 0 atom stereocenters. The number of rotatable bonds is 6. The van der Waals surface area contributed by atoms with Crippen LogP contribution in [0.25, 0.3) is 86.6 Å². The lowest BCUT2D eigenvalue weighted by molar-refractivity contribution is 0.660. The summed E-state index contributed by atoms with van der Waals surface area (Å²) in [6.45, 7) is 9.62. The summed E-state index contributed by atoms with van der Waals surface area (Å²) in [7, 11) is 0. The first kappa shape index (κ1) is 38.9. The first-order chi connectivity index (χ1) is 32.2. The molecule has 0 bridgehead atoms. The molecular weight excluding hydrogens is 815 g/mol. The molecule has 66 heavy (non-hydrogen) atoms. The third-order valence-electron chi connectivity index (χ3n) is 14.9. The molecule has 10 aromatic carbocycles. The second kappa shape index (κ2) is 14.5. The van der Waals surface area contributed by atoms with Crippen molar-refractivity contribution in [3.8, 4) is 55.6 Å². The third-order valence-corrected chi connectivity index (χ3v) is 16.0. The van der Waals surface area contributed by atoms with Gasteiger partial charge in [0.25, 0.3) is 0 Å². The first-order valence-corrected chi connectivity index (χ1v) is 24.0. The van der Waals surface area contributed by atoms with E-state index in [2.05, 4.69) is 245 Å². The van der Waals surface area contributed by atoms with Crippen LogP contribution in [0.5, 0.6) is 0 Å². The molecule has 1 aromatic heterocycles. The smallest absolute Gasteiger partial charge is 0.0540 e. The molecule has 0 amide bonds. The van der Waals surface area contributed by atoms with Gasteiger partial charge in [0.2, 0.25) is 0 Å². The van der Waals surface area contributed by atoms with Crippen molar-refractivity contribution in [3.05, 3.63) is 235 Å². The fraction of sp³-hybridized carbons (Fsp3) is 0.0938. The third kappa shape index (κ3) is 5.84. The molecule has 0 fully saturated rings. The predicted molar refractivity (Wildman–Crippen MR) is 283 cm³/mol. The maximum absolute atomic E-state index is 2.52. The van der Waals surface area contributed by atoms with Gasteiger partial charge in [-0.05, 0) is 144 Å². The Kier molecular flexibility index (Phi) is 8.54. The van der Waals surface area contributed by atoms with Crippen LogP contribution in [0, 0.1) is 0 Å². The van der Waals surface area contributed by atoms with Crippen LogP contribution in [0.3, 0.4) is 0 Å². The van der Waals surface area contributed by atoms with Crippen molar-refractivity contribution in [2.24, 2.45) is 0 Å². The van der Waals surface area contributed by atoms with E-state index in [-0.39, 0.29) is 10.8 Å². The second-order valence-corrected chi connectivity index (χ2v) is 20.4. The molecule has 2 aliphatic rings. The van der Waals surface area contributed by atoms with Gasteiger partial charge in [-0.15, -0.1) is 11.3 Å². The number of anilines is 3. The SMILES string of the molecule is CC1(C)c2cc(-c3ccccc3)ccc2-c2ccc(N(c3ccc4c(c3)C(C)(C)c3cc(-c5ccc6sc7ccccc7c6c5)ccc3-4)c3ccc(-c4ccccc4)c4ccccc34)cc21. The van der Waals surface area contributed by atoms with E-state index < -0.39 is 0 Å². The quantitative estimate of drug-likeness (QED) is 0.161. The first-order valence-electron chi connectivity index (χ1n) is 23.2. The summed E-state index contributed by atoms with van der Waals surface area (Å²) in [5.74, 6) is 0. The highest BCUT2D eigenvalue weighted by Crippen LogP contribution is 2.55. The Hall–Kier alpha value is -7.52. The van der Waals surface area contributed by atoms with E-state index in [1.54, 1.807) is 0 Å². The number of hydrogen-bond acceptors (Lipinski definition) is 2. The zero-order valence-electron chi connectivity index (χ0n) is 37.6. The van der Waals surface area contributed by atoms with Crippen LogP contribution < -0.4 is 4.90 Å². The summed E-state index contributed by atoms with van der Waals surface area (Å²) in [6, 6.07) is 79.6. The van der Waals surface area contributed by atoms with Crippen molar-refractivity contribution >= 4 is 59.3 Å². The molecule has 0 saturated heterocycles. The molecule has 0 radical (unpaired) electrons. The maximum Gasteiger partial charge on any atom is 0.0540 e. The summed E-state index contributed by atoms with van der Waals surface area (Å²) in [4.78, 5) is 2.52. The summed E-state index contributed by atoms with van der Waals surface area (Å²) >= 11 is 1.88. The van der Waals surface area contributed by atoms with Crippen molar-refractivity contribution in [1.29, 1.82) is 0 Å². The molecule has 0 N–H and O–H groups in total. The summed E-state index contributed by atoms with van der Waals surface area (Å²) in [6.07, 6.45) is 0. The van der Waals surface area contributed by atoms with E-state index in [0.29, 0.717) is 0 Å². The van der Waals surface area contributed by atoms with E-state index in [1.165, 1.54) is 109 Å². The Labute approximate surface area is 390 Å². The number of hydrogen-bond donors (Lipinski definition) is 0. The van der Waals surface area contributed by atoms with E-state index >= 15 is 0 Å². The lowest BCUT2D eigenvalue weighted by Crippen LogP contribution is -2.18. The largest absolute Gasteiger partial charge is 0.310 e. The molecule has 13 rings (SSSR count). The van der Waals surface area contributed by atoms with Crippen LogP contribution in [0.1, 0.15) is 49.9 Å². The molecule has 0 aliphatic heterocycles. The van der Waals surface area contributed by atoms with Gasteiger partial charge in [-0.1, -0.05) is 179 Å². The van der Waals surface area contributed by atoms with Gasteiger partial charge in [-0.3, -0.25) is 0 Å². The van der Waals surface area contributed by atoms with Gasteiger partial charge in [-0.2, -0.15) is 0 Å². The van der Waals surface area contributed by atoms with Crippen LogP contribution in [-0.2, 0) is 10.8 Å². The van der Waals surface area contributed by atoms with Gasteiger partial charge in [0, 0.05) is 47.8 Å². The standard InChI is InChI=1S/C64H47NS/c1-63(2)56-36-43(40-15-7-5-8-16-40)23-28-49(56)51-30-26-45(38-58(51)63)65(60-33-32-47(41-17-9-6-10-18-41)48-19-11-12-20-53(48)60)46-27-31-52-50-29-24-44(37-57(50)64(3,4)59(52)39-46)42-25-34-62-55(35-42)54-21-13-14-22-61(54)66-62/h5-39H,1-4H3. The number of thiophene rings is 1. The normalized spacial score (nSPS) is 14.0. The second-order valence-electron chi connectivity index (χ2n) is 19.3. The average molecular weight is 862 g/mol. The van der Waals surface area contributed by atoms with Crippen LogP contribution in [0.4, 0.5) is 17.1 Å². The monoisotopic (exact) mass is 861 g/mol. The highest BCUT2D eigenvalue weighted by Gasteiger charge is 2.38. The minimum absolute atomic E-state index is 0.198. The van der Waals surface area contributed by atoms with E-state index in [1.807, 2.05) is 11.3 Å². The van der Waals surface area contributed by atoms with Crippen LogP contribution in [0.15, 0.2) is 212 Å². The summed E-state index contributed by atoms with van der Waals surface area (Å²) in [5.41, 5.74) is 21.3. The minimum Gasteiger partial charge on any atom is -0.310 e. The molecule has 314 valence electrons. The van der Waals surface area contributed by atoms with Crippen molar-refractivity contribution in [3.63, 3.8) is 0 Å². The number of fused-ring (bicyclic) bond motifs is 10. The molecule has 2 heteroatoms. The van der Waals surface area contributed by atoms with Crippen LogP contribution in [-0.4, -0.2) is 0 Å². The van der Waals surface area contributed by atoms with Crippen LogP contribution in [0.2, 0.25) is 0 Å². The van der Waals surface area contributed by atoms with Crippen molar-refractivity contribution in [2.45, 2.75) is 38.5 Å². The topological polar surface area (TPSA) is 3.24 Å². The predicted octanol–water partition coefficient (Wildman–Crippen LogP) is 18.3. The van der Waals surface area contributed by atoms with Gasteiger partial charge in [0.15, 0.2) is 0 Å². The van der Waals surface area contributed by atoms with Crippen LogP contribution >= 0.6 is 11.3 Å². The van der Waals surface area contributed by atoms with E-state index in [9.17, 15) is 0 Å². The Balaban J connectivity index is 0.957. The minimum atomic E-state index is -0.223. The molecular formula is C64H47NS. The fourth-order valence-electron chi connectivity index (χ4n) is 11.4. The Morgan fingerprint density at radius 1 is 0.303 bits per heavy atom. The lowest BCUT2D eigenvalue weighted by atomic mass is 9.81. The fourth-order valence-corrected chi connectivity index (χ4v) is 12.5. The molecule has 2 aliphatic carbocycles. The highest BCUT2D eigenvalue weighted by molar-refractivity contribution is 7.25. The van der Waals surface area contributed by atoms with Crippen molar-refractivity contribution < 1.29 is 0 Å². The van der Waals surface area contributed by atoms with Gasteiger partial charge >= 0.3 is 0 Å². The summed E-state index contributed by atoms with van der Waals surface area (Å²) in [5, 5.41) is 5.13. The van der Waals surface area contributed by atoms with E-state index in [4.69, 9.17) is 0 Å². The molecule has 0 spiro atoms.